The largest absolute Gasteiger partial charge is 0.354 e. The number of imidazole rings is 1. The molecule has 0 bridgehead atoms. The third-order valence-corrected chi connectivity index (χ3v) is 4.45. The Morgan fingerprint density at radius 3 is 1.93 bits per heavy atom. The zero-order valence-electron chi connectivity index (χ0n) is 15.9. The molecule has 0 aliphatic carbocycles. The van der Waals surface area contributed by atoms with Crippen LogP contribution < -0.4 is 5.32 Å². The maximum absolute atomic E-state index is 11.4. The van der Waals surface area contributed by atoms with E-state index in [2.05, 4.69) is 29.4 Å². The van der Waals surface area contributed by atoms with Crippen molar-refractivity contribution in [3.63, 3.8) is 0 Å². The van der Waals surface area contributed by atoms with Gasteiger partial charge < -0.3 is 19.5 Å². The summed E-state index contributed by atoms with van der Waals surface area (Å²) in [4.78, 5) is 31.4. The topological polar surface area (TPSA) is 81.1 Å². The van der Waals surface area contributed by atoms with Crippen molar-refractivity contribution in [1.82, 2.24) is 14.9 Å². The standard InChI is InChI=1S/C11H8Cl3N3O.C7H8.2CH2O/c1-15-11(18)9-4-17(5-16-9)6-2-7(12)10(14)8(13)3-6;1-7-5-3-2-4-6-7;2*1-2/h2-5H,1H3,(H,15,18);2-6H,1H3;2*1H2. The molecule has 9 heteroatoms. The minimum absolute atomic E-state index is 0.264. The van der Waals surface area contributed by atoms with Crippen molar-refractivity contribution in [2.75, 3.05) is 7.05 Å². The number of hydrogen-bond donors (Lipinski definition) is 1. The average molecular weight is 457 g/mol. The van der Waals surface area contributed by atoms with Gasteiger partial charge in [-0.2, -0.15) is 0 Å². The first-order valence-electron chi connectivity index (χ1n) is 7.92. The van der Waals surface area contributed by atoms with Gasteiger partial charge in [-0.1, -0.05) is 70.7 Å². The van der Waals surface area contributed by atoms with E-state index in [-0.39, 0.29) is 5.91 Å². The van der Waals surface area contributed by atoms with Crippen LogP contribution in [0, 0.1) is 6.92 Å². The van der Waals surface area contributed by atoms with Gasteiger partial charge in [-0.25, -0.2) is 4.98 Å². The Balaban J connectivity index is 0.000000593. The number of carbonyl (C=O) groups is 3. The maximum atomic E-state index is 11.4. The predicted molar refractivity (Wildman–Crippen MR) is 117 cm³/mol. The molecule has 0 aliphatic heterocycles. The van der Waals surface area contributed by atoms with Crippen molar-refractivity contribution >= 4 is 54.3 Å². The first-order valence-corrected chi connectivity index (χ1v) is 9.06. The number of nitrogens with zero attached hydrogens (tertiary/aromatic N) is 2. The molecule has 29 heavy (non-hydrogen) atoms. The van der Waals surface area contributed by atoms with Gasteiger partial charge in [0.2, 0.25) is 0 Å². The summed E-state index contributed by atoms with van der Waals surface area (Å²) in [6, 6.07) is 13.5. The highest BCUT2D eigenvalue weighted by atomic mass is 35.5. The minimum atomic E-state index is -0.264. The fourth-order valence-corrected chi connectivity index (χ4v) is 2.52. The van der Waals surface area contributed by atoms with E-state index in [0.717, 1.165) is 0 Å². The summed E-state index contributed by atoms with van der Waals surface area (Å²) in [5.74, 6) is -0.264. The van der Waals surface area contributed by atoms with Crippen LogP contribution in [0.25, 0.3) is 5.69 Å². The molecule has 1 aromatic heterocycles. The fourth-order valence-electron chi connectivity index (χ4n) is 1.93. The summed E-state index contributed by atoms with van der Waals surface area (Å²) in [5.41, 5.74) is 2.30. The third kappa shape index (κ3) is 8.48. The molecule has 0 saturated carbocycles. The molecular weight excluding hydrogens is 437 g/mol. The lowest BCUT2D eigenvalue weighted by atomic mass is 10.2. The second kappa shape index (κ2) is 14.3. The number of aryl methyl sites for hydroxylation is 1. The Morgan fingerprint density at radius 1 is 1.00 bits per heavy atom. The zero-order valence-corrected chi connectivity index (χ0v) is 18.1. The number of aromatic nitrogens is 2. The van der Waals surface area contributed by atoms with Crippen LogP contribution in [-0.2, 0) is 9.59 Å². The van der Waals surface area contributed by atoms with E-state index in [4.69, 9.17) is 44.4 Å². The van der Waals surface area contributed by atoms with E-state index in [1.165, 1.54) is 18.9 Å². The van der Waals surface area contributed by atoms with E-state index in [1.807, 2.05) is 31.8 Å². The van der Waals surface area contributed by atoms with Crippen LogP contribution in [0.2, 0.25) is 15.1 Å². The van der Waals surface area contributed by atoms with Crippen molar-refractivity contribution in [3.8, 4) is 5.69 Å². The van der Waals surface area contributed by atoms with Crippen LogP contribution in [0.4, 0.5) is 0 Å². The number of amides is 1. The van der Waals surface area contributed by atoms with Crippen molar-refractivity contribution < 1.29 is 14.4 Å². The Kier molecular flexibility index (Phi) is 13.0. The van der Waals surface area contributed by atoms with Crippen molar-refractivity contribution in [1.29, 1.82) is 0 Å². The van der Waals surface area contributed by atoms with Crippen LogP contribution in [-0.4, -0.2) is 36.1 Å². The molecule has 0 radical (unpaired) electrons. The van der Waals surface area contributed by atoms with Crippen LogP contribution in [0.15, 0.2) is 55.0 Å². The summed E-state index contributed by atoms with van der Waals surface area (Å²) in [6.07, 6.45) is 3.08. The van der Waals surface area contributed by atoms with E-state index >= 15 is 0 Å². The van der Waals surface area contributed by atoms with Gasteiger partial charge in [-0.15, -0.1) is 0 Å². The zero-order chi connectivity index (χ0) is 22.4. The lowest BCUT2D eigenvalue weighted by Gasteiger charge is -2.05. The Labute approximate surface area is 184 Å². The summed E-state index contributed by atoms with van der Waals surface area (Å²) < 4.78 is 1.64. The van der Waals surface area contributed by atoms with Gasteiger partial charge in [0.1, 0.15) is 25.6 Å². The molecule has 0 saturated heterocycles. The van der Waals surface area contributed by atoms with Crippen molar-refractivity contribution in [3.05, 3.63) is 81.3 Å². The molecule has 0 unspecified atom stereocenters. The minimum Gasteiger partial charge on any atom is -0.354 e. The first kappa shape index (κ1) is 26.3. The lowest BCUT2D eigenvalue weighted by molar-refractivity contribution is -0.0987. The lowest BCUT2D eigenvalue weighted by Crippen LogP contribution is -2.17. The van der Waals surface area contributed by atoms with E-state index in [0.29, 0.717) is 26.4 Å². The van der Waals surface area contributed by atoms with Gasteiger partial charge in [-0.05, 0) is 19.1 Å². The van der Waals surface area contributed by atoms with Crippen molar-refractivity contribution in [2.24, 2.45) is 0 Å². The fraction of sp³-hybridized carbons (Fsp3) is 0.100. The smallest absolute Gasteiger partial charge is 0.271 e. The molecule has 3 rings (SSSR count). The number of carbonyl (C=O) groups excluding carboxylic acids is 3. The number of halogens is 3. The van der Waals surface area contributed by atoms with E-state index in [9.17, 15) is 4.79 Å². The van der Waals surface area contributed by atoms with Crippen LogP contribution >= 0.6 is 34.8 Å². The highest BCUT2D eigenvalue weighted by Gasteiger charge is 2.10. The molecule has 0 spiro atoms. The SMILES string of the molecule is C=O.C=O.CNC(=O)c1cn(-c2cc(Cl)c(Cl)c(Cl)c2)cn1.Cc1ccccc1. The summed E-state index contributed by atoms with van der Waals surface area (Å²) in [6.45, 7) is 6.08. The van der Waals surface area contributed by atoms with Crippen LogP contribution in [0.3, 0.4) is 0 Å². The van der Waals surface area contributed by atoms with Gasteiger partial charge in [0.25, 0.3) is 5.91 Å². The third-order valence-electron chi connectivity index (χ3n) is 3.25. The van der Waals surface area contributed by atoms with Crippen LogP contribution in [0.5, 0.6) is 0 Å². The average Bonchev–Trinajstić information content (AvgIpc) is 3.25. The summed E-state index contributed by atoms with van der Waals surface area (Å²) in [7, 11) is 1.54. The van der Waals surface area contributed by atoms with Crippen LogP contribution in [0.1, 0.15) is 16.1 Å². The number of hydrogen-bond acceptors (Lipinski definition) is 4. The summed E-state index contributed by atoms with van der Waals surface area (Å²) in [5, 5.41) is 3.47. The number of benzene rings is 2. The molecule has 154 valence electrons. The molecule has 3 aromatic rings. The second-order valence-electron chi connectivity index (χ2n) is 5.12. The Morgan fingerprint density at radius 2 is 1.52 bits per heavy atom. The van der Waals surface area contributed by atoms with Gasteiger partial charge in [-0.3, -0.25) is 4.79 Å². The maximum Gasteiger partial charge on any atom is 0.271 e. The normalized spacial score (nSPS) is 8.86. The molecule has 0 atom stereocenters. The Bertz CT molecular complexity index is 877. The first-order chi connectivity index (χ1) is 13.9. The van der Waals surface area contributed by atoms with Gasteiger partial charge in [0.15, 0.2) is 0 Å². The molecule has 1 heterocycles. The highest BCUT2D eigenvalue weighted by molar-refractivity contribution is 6.48. The Hall–Kier alpha value is -2.67. The highest BCUT2D eigenvalue weighted by Crippen LogP contribution is 2.32. The van der Waals surface area contributed by atoms with E-state index in [1.54, 1.807) is 22.9 Å². The summed E-state index contributed by atoms with van der Waals surface area (Å²) >= 11 is 17.7. The molecular formula is C20H20Cl3N3O3. The predicted octanol–water partition coefficient (Wildman–Crippen LogP) is 4.82. The molecule has 1 N–H and O–H groups in total. The second-order valence-corrected chi connectivity index (χ2v) is 6.32. The molecule has 6 nitrogen and oxygen atoms in total. The molecule has 2 aromatic carbocycles. The quantitative estimate of drug-likeness (QED) is 0.561. The van der Waals surface area contributed by atoms with Gasteiger partial charge in [0, 0.05) is 18.9 Å². The molecule has 0 fully saturated rings. The van der Waals surface area contributed by atoms with Gasteiger partial charge >= 0.3 is 0 Å². The monoisotopic (exact) mass is 455 g/mol. The number of rotatable bonds is 2. The molecule has 0 aliphatic rings. The molecule has 1 amide bonds. The number of nitrogens with one attached hydrogen (secondary N) is 1. The van der Waals surface area contributed by atoms with Crippen molar-refractivity contribution in [2.45, 2.75) is 6.92 Å². The van der Waals surface area contributed by atoms with E-state index < -0.39 is 0 Å². The van der Waals surface area contributed by atoms with Gasteiger partial charge in [0.05, 0.1) is 15.1 Å².